The molecule has 0 heterocycles. The summed E-state index contributed by atoms with van der Waals surface area (Å²) in [6, 6.07) is 5.27. The minimum Gasteiger partial charge on any atom is -0.493 e. The molecule has 2 N–H and O–H groups in total. The van der Waals surface area contributed by atoms with Crippen LogP contribution in [-0.2, 0) is 4.74 Å². The van der Waals surface area contributed by atoms with Gasteiger partial charge in [-0.25, -0.2) is 0 Å². The van der Waals surface area contributed by atoms with Gasteiger partial charge >= 0.3 is 0 Å². The smallest absolute Gasteiger partial charge is 0.259 e. The third kappa shape index (κ3) is 4.36. The Bertz CT molecular complexity index is 486. The number of carbonyl (C=O) groups is 1. The molecule has 1 amide bonds. The van der Waals surface area contributed by atoms with E-state index in [1.807, 2.05) is 6.92 Å². The van der Waals surface area contributed by atoms with Crippen molar-refractivity contribution >= 4 is 11.6 Å². The molecule has 1 saturated carbocycles. The number of ether oxygens (including phenoxy) is 2. The van der Waals surface area contributed by atoms with Crippen molar-refractivity contribution in [2.24, 2.45) is 5.92 Å². The number of benzene rings is 1. The molecule has 0 aromatic heterocycles. The minimum atomic E-state index is -0.133. The number of hydrogen-bond donors (Lipinski definition) is 1. The maximum Gasteiger partial charge on any atom is 0.259 e. The quantitative estimate of drug-likeness (QED) is 0.589. The van der Waals surface area contributed by atoms with E-state index in [1.54, 1.807) is 30.1 Å². The van der Waals surface area contributed by atoms with Crippen LogP contribution in [0, 0.1) is 5.92 Å². The number of rotatable bonds is 8. The predicted octanol–water partition coefficient (Wildman–Crippen LogP) is 2.17. The predicted molar refractivity (Wildman–Crippen MR) is 82.5 cm³/mol. The Kier molecular flexibility index (Phi) is 5.44. The van der Waals surface area contributed by atoms with E-state index in [4.69, 9.17) is 15.2 Å². The third-order valence-electron chi connectivity index (χ3n) is 3.54. The molecule has 0 bridgehead atoms. The van der Waals surface area contributed by atoms with Crippen molar-refractivity contribution in [3.63, 3.8) is 0 Å². The first kappa shape index (κ1) is 15.6. The maximum atomic E-state index is 12.5. The largest absolute Gasteiger partial charge is 0.493 e. The van der Waals surface area contributed by atoms with Gasteiger partial charge in [0.2, 0.25) is 0 Å². The Morgan fingerprint density at radius 1 is 1.43 bits per heavy atom. The van der Waals surface area contributed by atoms with Crippen LogP contribution in [0.15, 0.2) is 18.2 Å². The van der Waals surface area contributed by atoms with E-state index in [2.05, 4.69) is 0 Å². The van der Waals surface area contributed by atoms with Gasteiger partial charge in [0.15, 0.2) is 0 Å². The van der Waals surface area contributed by atoms with Crippen molar-refractivity contribution in [2.45, 2.75) is 19.8 Å². The van der Waals surface area contributed by atoms with E-state index in [0.29, 0.717) is 36.8 Å². The average Bonchev–Trinajstić information content (AvgIpc) is 3.27. The van der Waals surface area contributed by atoms with E-state index in [9.17, 15) is 4.79 Å². The van der Waals surface area contributed by atoms with Gasteiger partial charge in [-0.05, 0) is 37.8 Å². The molecule has 1 aromatic rings. The van der Waals surface area contributed by atoms with Crippen molar-refractivity contribution in [3.8, 4) is 5.75 Å². The maximum absolute atomic E-state index is 12.5. The summed E-state index contributed by atoms with van der Waals surface area (Å²) in [6.07, 6.45) is 2.54. The van der Waals surface area contributed by atoms with E-state index in [0.717, 1.165) is 12.5 Å². The zero-order valence-corrected chi connectivity index (χ0v) is 12.8. The number of nitrogens with two attached hydrogens (primary N) is 1. The molecule has 116 valence electrons. The highest BCUT2D eigenvalue weighted by atomic mass is 16.5. The van der Waals surface area contributed by atoms with Gasteiger partial charge in [0.25, 0.3) is 5.91 Å². The van der Waals surface area contributed by atoms with Crippen molar-refractivity contribution in [1.29, 1.82) is 0 Å². The fourth-order valence-corrected chi connectivity index (χ4v) is 2.08. The molecule has 0 saturated heterocycles. The number of nitrogens with zero attached hydrogens (tertiary/aromatic N) is 1. The van der Waals surface area contributed by atoms with Crippen LogP contribution in [0.4, 0.5) is 5.69 Å². The molecule has 0 unspecified atom stereocenters. The number of anilines is 1. The van der Waals surface area contributed by atoms with Crippen LogP contribution in [-0.4, -0.2) is 44.2 Å². The zero-order valence-electron chi connectivity index (χ0n) is 12.8. The lowest BCUT2D eigenvalue weighted by atomic mass is 10.1. The summed E-state index contributed by atoms with van der Waals surface area (Å²) in [5.41, 5.74) is 6.81. The van der Waals surface area contributed by atoms with E-state index >= 15 is 0 Å². The number of nitrogen functional groups attached to an aromatic ring is 1. The van der Waals surface area contributed by atoms with Crippen LogP contribution < -0.4 is 10.5 Å². The summed E-state index contributed by atoms with van der Waals surface area (Å²) >= 11 is 0. The van der Waals surface area contributed by atoms with E-state index in [1.165, 1.54) is 12.8 Å². The van der Waals surface area contributed by atoms with Gasteiger partial charge in [0.05, 0.1) is 13.2 Å². The first-order chi connectivity index (χ1) is 10.1. The summed E-state index contributed by atoms with van der Waals surface area (Å²) in [5, 5.41) is 0. The molecule has 5 nitrogen and oxygen atoms in total. The first-order valence-corrected chi connectivity index (χ1v) is 7.48. The molecule has 1 aliphatic rings. The van der Waals surface area contributed by atoms with Crippen molar-refractivity contribution in [2.75, 3.05) is 39.1 Å². The lowest BCUT2D eigenvalue weighted by molar-refractivity contribution is 0.0678. The second-order valence-electron chi connectivity index (χ2n) is 5.40. The molecule has 0 atom stereocenters. The van der Waals surface area contributed by atoms with Crippen molar-refractivity contribution < 1.29 is 14.3 Å². The second kappa shape index (κ2) is 7.31. The SMILES string of the molecule is CCOc1cccc(N)c1C(=O)N(C)CCOCC1CC1. The molecule has 21 heavy (non-hydrogen) atoms. The average molecular weight is 292 g/mol. The molecule has 0 aliphatic heterocycles. The number of amides is 1. The molecular weight excluding hydrogens is 268 g/mol. The molecule has 5 heteroatoms. The van der Waals surface area contributed by atoms with Gasteiger partial charge in [-0.2, -0.15) is 0 Å². The molecule has 1 aliphatic carbocycles. The molecular formula is C16H24N2O3. The van der Waals surface area contributed by atoms with Crippen LogP contribution in [0.5, 0.6) is 5.75 Å². The van der Waals surface area contributed by atoms with Gasteiger partial charge in [0, 0.05) is 25.9 Å². The third-order valence-corrected chi connectivity index (χ3v) is 3.54. The number of carbonyl (C=O) groups excluding carboxylic acids is 1. The van der Waals surface area contributed by atoms with Gasteiger partial charge in [0.1, 0.15) is 11.3 Å². The van der Waals surface area contributed by atoms with E-state index in [-0.39, 0.29) is 5.91 Å². The normalized spacial score (nSPS) is 14.0. The Balaban J connectivity index is 1.93. The van der Waals surface area contributed by atoms with Crippen LogP contribution >= 0.6 is 0 Å². The van der Waals surface area contributed by atoms with Crippen molar-refractivity contribution in [1.82, 2.24) is 4.90 Å². The topological polar surface area (TPSA) is 64.8 Å². The van der Waals surface area contributed by atoms with Gasteiger partial charge in [-0.3, -0.25) is 4.79 Å². The standard InChI is InChI=1S/C16H24N2O3/c1-3-21-14-6-4-5-13(17)15(14)16(19)18(2)9-10-20-11-12-7-8-12/h4-6,12H,3,7-11,17H2,1-2H3. The minimum absolute atomic E-state index is 0.133. The summed E-state index contributed by atoms with van der Waals surface area (Å²) in [5.74, 6) is 1.14. The highest BCUT2D eigenvalue weighted by Crippen LogP contribution is 2.29. The van der Waals surface area contributed by atoms with Crippen molar-refractivity contribution in [3.05, 3.63) is 23.8 Å². The highest BCUT2D eigenvalue weighted by Gasteiger charge is 2.22. The van der Waals surface area contributed by atoms with Crippen LogP contribution in [0.25, 0.3) is 0 Å². The Hall–Kier alpha value is -1.75. The Morgan fingerprint density at radius 3 is 2.86 bits per heavy atom. The van der Waals surface area contributed by atoms with Gasteiger partial charge in [-0.1, -0.05) is 6.07 Å². The molecule has 1 aromatic carbocycles. The Morgan fingerprint density at radius 2 is 2.19 bits per heavy atom. The second-order valence-corrected chi connectivity index (χ2v) is 5.40. The van der Waals surface area contributed by atoms with Crippen LogP contribution in [0.2, 0.25) is 0 Å². The molecule has 0 radical (unpaired) electrons. The monoisotopic (exact) mass is 292 g/mol. The molecule has 1 fully saturated rings. The van der Waals surface area contributed by atoms with Gasteiger partial charge in [-0.15, -0.1) is 0 Å². The molecule has 2 rings (SSSR count). The van der Waals surface area contributed by atoms with Gasteiger partial charge < -0.3 is 20.1 Å². The fraction of sp³-hybridized carbons (Fsp3) is 0.562. The number of likely N-dealkylation sites (N-methyl/N-ethyl adjacent to an activating group) is 1. The summed E-state index contributed by atoms with van der Waals surface area (Å²) < 4.78 is 11.1. The summed E-state index contributed by atoms with van der Waals surface area (Å²) in [7, 11) is 1.75. The lowest BCUT2D eigenvalue weighted by Gasteiger charge is -2.20. The van der Waals surface area contributed by atoms with E-state index < -0.39 is 0 Å². The zero-order chi connectivity index (χ0) is 15.2. The fourth-order valence-electron chi connectivity index (χ4n) is 2.08. The summed E-state index contributed by atoms with van der Waals surface area (Å²) in [6.45, 7) is 4.28. The first-order valence-electron chi connectivity index (χ1n) is 7.48. The number of hydrogen-bond acceptors (Lipinski definition) is 4. The Labute approximate surface area is 126 Å². The van der Waals surface area contributed by atoms with Crippen LogP contribution in [0.3, 0.4) is 0 Å². The molecule has 0 spiro atoms. The lowest BCUT2D eigenvalue weighted by Crippen LogP contribution is -2.31. The van der Waals surface area contributed by atoms with Crippen LogP contribution in [0.1, 0.15) is 30.1 Å². The highest BCUT2D eigenvalue weighted by molar-refractivity contribution is 6.01. The summed E-state index contributed by atoms with van der Waals surface area (Å²) in [4.78, 5) is 14.1.